The SMILES string of the molecule is CC(C)c1ccccc1NC(=O)[C@H]1CCCN(Cc2nc3ccccc3n2C)C1. The number of amides is 1. The highest BCUT2D eigenvalue weighted by molar-refractivity contribution is 5.93. The van der Waals surface area contributed by atoms with Crippen LogP contribution in [0.15, 0.2) is 48.5 Å². The second kappa shape index (κ2) is 8.37. The Morgan fingerprint density at radius 3 is 2.72 bits per heavy atom. The third kappa shape index (κ3) is 4.20. The summed E-state index contributed by atoms with van der Waals surface area (Å²) in [6, 6.07) is 16.3. The van der Waals surface area contributed by atoms with Crippen molar-refractivity contribution in [1.29, 1.82) is 0 Å². The quantitative estimate of drug-likeness (QED) is 0.695. The number of fused-ring (bicyclic) bond motifs is 1. The Bertz CT molecular complexity index is 1010. The Balaban J connectivity index is 1.44. The number of rotatable bonds is 5. The first-order valence-electron chi connectivity index (χ1n) is 10.6. The van der Waals surface area contributed by atoms with E-state index in [4.69, 9.17) is 4.98 Å². The minimum atomic E-state index is 0.0126. The Morgan fingerprint density at radius 2 is 1.93 bits per heavy atom. The molecule has 0 aliphatic carbocycles. The molecule has 1 N–H and O–H groups in total. The number of aromatic nitrogens is 2. The number of nitrogens with zero attached hydrogens (tertiary/aromatic N) is 3. The molecule has 0 unspecified atom stereocenters. The van der Waals surface area contributed by atoms with Crippen LogP contribution in [0.25, 0.3) is 11.0 Å². The average molecular weight is 391 g/mol. The normalized spacial score (nSPS) is 17.7. The highest BCUT2D eigenvalue weighted by atomic mass is 16.1. The molecule has 29 heavy (non-hydrogen) atoms. The van der Waals surface area contributed by atoms with E-state index in [0.29, 0.717) is 5.92 Å². The van der Waals surface area contributed by atoms with Gasteiger partial charge in [-0.3, -0.25) is 9.69 Å². The van der Waals surface area contributed by atoms with E-state index in [2.05, 4.69) is 53.9 Å². The van der Waals surface area contributed by atoms with Crippen LogP contribution in [0.2, 0.25) is 0 Å². The monoisotopic (exact) mass is 390 g/mol. The first kappa shape index (κ1) is 19.6. The molecule has 3 aromatic rings. The molecule has 1 amide bonds. The molecule has 1 aromatic heterocycles. The predicted octanol–water partition coefficient (Wildman–Crippen LogP) is 4.55. The number of likely N-dealkylation sites (tertiary alicyclic amines) is 1. The van der Waals surface area contributed by atoms with Gasteiger partial charge in [0.1, 0.15) is 5.82 Å². The molecule has 0 bridgehead atoms. The van der Waals surface area contributed by atoms with Crippen LogP contribution in [0.4, 0.5) is 5.69 Å². The zero-order chi connectivity index (χ0) is 20.4. The fourth-order valence-corrected chi connectivity index (χ4v) is 4.30. The summed E-state index contributed by atoms with van der Waals surface area (Å²) in [6.07, 6.45) is 1.97. The molecule has 152 valence electrons. The highest BCUT2D eigenvalue weighted by Crippen LogP contribution is 2.26. The summed E-state index contributed by atoms with van der Waals surface area (Å²) >= 11 is 0. The predicted molar refractivity (Wildman–Crippen MR) is 118 cm³/mol. The molecule has 1 aliphatic heterocycles. The minimum absolute atomic E-state index is 0.0126. The van der Waals surface area contributed by atoms with Crippen LogP contribution in [0.1, 0.15) is 44.0 Å². The molecular weight excluding hydrogens is 360 g/mol. The molecule has 1 atom stereocenters. The lowest BCUT2D eigenvalue weighted by Crippen LogP contribution is -2.40. The van der Waals surface area contributed by atoms with Crippen molar-refractivity contribution in [3.8, 4) is 0 Å². The van der Waals surface area contributed by atoms with Crippen LogP contribution in [-0.4, -0.2) is 33.4 Å². The van der Waals surface area contributed by atoms with Crippen LogP contribution in [0.3, 0.4) is 0 Å². The van der Waals surface area contributed by atoms with Crippen molar-refractivity contribution in [2.24, 2.45) is 13.0 Å². The van der Waals surface area contributed by atoms with Gasteiger partial charge in [-0.05, 0) is 49.1 Å². The summed E-state index contributed by atoms with van der Waals surface area (Å²) in [6.45, 7) is 6.88. The maximum Gasteiger partial charge on any atom is 0.228 e. The fourth-order valence-electron chi connectivity index (χ4n) is 4.30. The zero-order valence-corrected chi connectivity index (χ0v) is 17.6. The Morgan fingerprint density at radius 1 is 1.17 bits per heavy atom. The number of anilines is 1. The van der Waals surface area contributed by atoms with Crippen LogP contribution in [0.5, 0.6) is 0 Å². The van der Waals surface area contributed by atoms with Gasteiger partial charge in [0.25, 0.3) is 0 Å². The Kier molecular flexibility index (Phi) is 5.67. The third-order valence-electron chi connectivity index (χ3n) is 5.96. The Labute approximate surface area is 172 Å². The van der Waals surface area contributed by atoms with E-state index in [1.807, 2.05) is 30.3 Å². The van der Waals surface area contributed by atoms with Crippen molar-refractivity contribution in [2.45, 2.75) is 39.2 Å². The van der Waals surface area contributed by atoms with Gasteiger partial charge in [-0.25, -0.2) is 4.98 Å². The fraction of sp³-hybridized carbons (Fsp3) is 0.417. The maximum absolute atomic E-state index is 13.0. The minimum Gasteiger partial charge on any atom is -0.330 e. The van der Waals surface area contributed by atoms with E-state index < -0.39 is 0 Å². The first-order chi connectivity index (χ1) is 14.0. The summed E-state index contributed by atoms with van der Waals surface area (Å²) in [5.41, 5.74) is 4.31. The molecule has 5 heteroatoms. The Hall–Kier alpha value is -2.66. The van der Waals surface area contributed by atoms with E-state index in [0.717, 1.165) is 55.0 Å². The maximum atomic E-state index is 13.0. The van der Waals surface area contributed by atoms with E-state index in [1.54, 1.807) is 0 Å². The number of carbonyl (C=O) groups excluding carboxylic acids is 1. The van der Waals surface area contributed by atoms with Crippen LogP contribution in [-0.2, 0) is 18.4 Å². The lowest BCUT2D eigenvalue weighted by atomic mass is 9.96. The number of benzene rings is 2. The summed E-state index contributed by atoms with van der Waals surface area (Å²) in [7, 11) is 2.07. The van der Waals surface area contributed by atoms with Gasteiger partial charge in [-0.2, -0.15) is 0 Å². The van der Waals surface area contributed by atoms with E-state index in [-0.39, 0.29) is 11.8 Å². The molecule has 0 radical (unpaired) electrons. The van der Waals surface area contributed by atoms with Crippen molar-refractivity contribution >= 4 is 22.6 Å². The van der Waals surface area contributed by atoms with Crippen molar-refractivity contribution in [2.75, 3.05) is 18.4 Å². The topological polar surface area (TPSA) is 50.2 Å². The smallest absolute Gasteiger partial charge is 0.228 e. The van der Waals surface area contributed by atoms with Gasteiger partial charge in [0.2, 0.25) is 5.91 Å². The summed E-state index contributed by atoms with van der Waals surface area (Å²) < 4.78 is 2.16. The van der Waals surface area contributed by atoms with E-state index in [1.165, 1.54) is 5.56 Å². The van der Waals surface area contributed by atoms with Gasteiger partial charge >= 0.3 is 0 Å². The standard InChI is InChI=1S/C24H30N4O/c1-17(2)19-10-4-5-11-20(19)26-24(29)18-9-8-14-28(15-18)16-23-25-21-12-6-7-13-22(21)27(23)3/h4-7,10-13,17-18H,8-9,14-16H2,1-3H3,(H,26,29)/t18-/m0/s1. The molecule has 2 aromatic carbocycles. The van der Waals surface area contributed by atoms with Crippen molar-refractivity contribution in [3.63, 3.8) is 0 Å². The number of imidazole rings is 1. The molecule has 1 fully saturated rings. The molecule has 0 spiro atoms. The van der Waals surface area contributed by atoms with Gasteiger partial charge < -0.3 is 9.88 Å². The number of carbonyl (C=O) groups is 1. The largest absolute Gasteiger partial charge is 0.330 e. The number of hydrogen-bond acceptors (Lipinski definition) is 3. The van der Waals surface area contributed by atoms with Gasteiger partial charge in [0, 0.05) is 19.3 Å². The molecule has 1 saturated heterocycles. The van der Waals surface area contributed by atoms with Gasteiger partial charge in [0.05, 0.1) is 23.5 Å². The number of nitrogens with one attached hydrogen (secondary N) is 1. The molecule has 1 aliphatic rings. The average Bonchev–Trinajstić information content (AvgIpc) is 3.04. The zero-order valence-electron chi connectivity index (χ0n) is 17.6. The second-order valence-corrected chi connectivity index (χ2v) is 8.38. The van der Waals surface area contributed by atoms with E-state index >= 15 is 0 Å². The molecular formula is C24H30N4O. The van der Waals surface area contributed by atoms with Crippen LogP contribution >= 0.6 is 0 Å². The first-order valence-corrected chi connectivity index (χ1v) is 10.6. The summed E-state index contributed by atoms with van der Waals surface area (Å²) in [5, 5.41) is 3.19. The molecule has 4 rings (SSSR count). The van der Waals surface area contributed by atoms with Gasteiger partial charge in [-0.1, -0.05) is 44.2 Å². The van der Waals surface area contributed by atoms with Crippen LogP contribution in [0, 0.1) is 5.92 Å². The van der Waals surface area contributed by atoms with E-state index in [9.17, 15) is 4.79 Å². The highest BCUT2D eigenvalue weighted by Gasteiger charge is 2.27. The van der Waals surface area contributed by atoms with Crippen molar-refractivity contribution < 1.29 is 4.79 Å². The third-order valence-corrected chi connectivity index (χ3v) is 5.96. The molecule has 0 saturated carbocycles. The van der Waals surface area contributed by atoms with Gasteiger partial charge in [0.15, 0.2) is 0 Å². The second-order valence-electron chi connectivity index (χ2n) is 8.38. The summed E-state index contributed by atoms with van der Waals surface area (Å²) in [5.74, 6) is 1.58. The number of para-hydroxylation sites is 3. The lowest BCUT2D eigenvalue weighted by molar-refractivity contribution is -0.121. The number of aryl methyl sites for hydroxylation is 1. The van der Waals surface area contributed by atoms with Crippen molar-refractivity contribution in [3.05, 3.63) is 59.9 Å². The number of piperidine rings is 1. The molecule has 2 heterocycles. The van der Waals surface area contributed by atoms with Gasteiger partial charge in [-0.15, -0.1) is 0 Å². The number of hydrogen-bond donors (Lipinski definition) is 1. The van der Waals surface area contributed by atoms with Crippen molar-refractivity contribution in [1.82, 2.24) is 14.5 Å². The van der Waals surface area contributed by atoms with Crippen LogP contribution < -0.4 is 5.32 Å². The summed E-state index contributed by atoms with van der Waals surface area (Å²) in [4.78, 5) is 20.1. The lowest BCUT2D eigenvalue weighted by Gasteiger charge is -2.32. The molecule has 5 nitrogen and oxygen atoms in total.